The van der Waals surface area contributed by atoms with Crippen molar-refractivity contribution in [1.29, 1.82) is 0 Å². The highest BCUT2D eigenvalue weighted by atomic mass is 16.6. The molecule has 0 aliphatic rings. The molecule has 22 heavy (non-hydrogen) atoms. The van der Waals surface area contributed by atoms with Crippen molar-refractivity contribution in [3.05, 3.63) is 35.9 Å². The molecular weight excluding hydrogens is 286 g/mol. The highest BCUT2D eigenvalue weighted by molar-refractivity contribution is 5.91. The van der Waals surface area contributed by atoms with Gasteiger partial charge in [0.2, 0.25) is 0 Å². The van der Waals surface area contributed by atoms with E-state index in [-0.39, 0.29) is 6.42 Å². The lowest BCUT2D eigenvalue weighted by Gasteiger charge is -2.28. The van der Waals surface area contributed by atoms with E-state index in [0.29, 0.717) is 5.56 Å². The van der Waals surface area contributed by atoms with E-state index in [9.17, 15) is 14.4 Å². The smallest absolute Gasteiger partial charge is 0.333 e. The Morgan fingerprint density at radius 1 is 1.23 bits per heavy atom. The maximum Gasteiger partial charge on any atom is 0.333 e. The minimum absolute atomic E-state index is 0.279. The lowest BCUT2D eigenvalue weighted by atomic mass is 10.00. The molecule has 1 aromatic rings. The molecule has 2 atom stereocenters. The summed E-state index contributed by atoms with van der Waals surface area (Å²) < 4.78 is 9.83. The fourth-order valence-electron chi connectivity index (χ4n) is 1.92. The number of hydrogen-bond donors (Lipinski definition) is 1. The van der Waals surface area contributed by atoms with Crippen molar-refractivity contribution in [3.63, 3.8) is 0 Å². The number of nitrogens with one attached hydrogen (secondary N) is 1. The summed E-state index contributed by atoms with van der Waals surface area (Å²) in [7, 11) is 1.25. The molecule has 0 radical (unpaired) electrons. The molecule has 0 unspecified atom stereocenters. The number of esters is 2. The number of carbonyl (C=O) groups is 3. The third-order valence-electron chi connectivity index (χ3n) is 3.37. The van der Waals surface area contributed by atoms with Gasteiger partial charge in [-0.1, -0.05) is 37.3 Å². The quantitative estimate of drug-likeness (QED) is 0.810. The molecule has 120 valence electrons. The molecule has 0 aromatic heterocycles. The van der Waals surface area contributed by atoms with Gasteiger partial charge in [0.05, 0.1) is 7.11 Å². The normalized spacial score (nSPS) is 14.4. The van der Waals surface area contributed by atoms with Crippen molar-refractivity contribution in [1.82, 2.24) is 5.32 Å². The zero-order valence-electron chi connectivity index (χ0n) is 13.2. The van der Waals surface area contributed by atoms with E-state index in [1.54, 1.807) is 37.3 Å². The Kier molecular flexibility index (Phi) is 6.10. The highest BCUT2D eigenvalue weighted by Crippen LogP contribution is 2.20. The summed E-state index contributed by atoms with van der Waals surface area (Å²) in [5.41, 5.74) is -0.753. The van der Waals surface area contributed by atoms with Crippen LogP contribution in [0.1, 0.15) is 38.8 Å². The Labute approximate surface area is 129 Å². The average Bonchev–Trinajstić information content (AvgIpc) is 2.51. The molecule has 6 nitrogen and oxygen atoms in total. The zero-order chi connectivity index (χ0) is 16.8. The first-order chi connectivity index (χ1) is 10.3. The second-order valence-electron chi connectivity index (χ2n) is 5.02. The topological polar surface area (TPSA) is 81.7 Å². The van der Waals surface area contributed by atoms with Gasteiger partial charge in [-0.25, -0.2) is 4.79 Å². The Morgan fingerprint density at radius 3 is 2.27 bits per heavy atom. The lowest BCUT2D eigenvalue weighted by Crippen LogP contribution is -2.49. The van der Waals surface area contributed by atoms with Gasteiger partial charge in [0.25, 0.3) is 5.91 Å². The van der Waals surface area contributed by atoms with Gasteiger partial charge in [0.15, 0.2) is 11.6 Å². The molecule has 1 amide bonds. The van der Waals surface area contributed by atoms with Crippen molar-refractivity contribution >= 4 is 17.8 Å². The van der Waals surface area contributed by atoms with E-state index in [4.69, 9.17) is 9.47 Å². The van der Waals surface area contributed by atoms with Gasteiger partial charge >= 0.3 is 11.9 Å². The van der Waals surface area contributed by atoms with Crippen LogP contribution in [0.5, 0.6) is 0 Å². The largest absolute Gasteiger partial charge is 0.467 e. The maximum absolute atomic E-state index is 12.4. The van der Waals surface area contributed by atoms with E-state index in [1.807, 2.05) is 0 Å². The number of methoxy groups -OCH3 is 1. The van der Waals surface area contributed by atoms with Crippen LogP contribution in [0.3, 0.4) is 0 Å². The van der Waals surface area contributed by atoms with Crippen molar-refractivity contribution in [2.24, 2.45) is 0 Å². The summed E-state index contributed by atoms with van der Waals surface area (Å²) in [5.74, 6) is -1.71. The van der Waals surface area contributed by atoms with E-state index in [0.717, 1.165) is 0 Å². The molecule has 6 heteroatoms. The number of benzene rings is 1. The van der Waals surface area contributed by atoms with E-state index in [2.05, 4.69) is 5.32 Å². The van der Waals surface area contributed by atoms with Crippen LogP contribution in [0.15, 0.2) is 30.3 Å². The molecule has 0 bridgehead atoms. The second-order valence-corrected chi connectivity index (χ2v) is 5.02. The fraction of sp³-hybridized carbons (Fsp3) is 0.438. The molecule has 0 fully saturated rings. The van der Waals surface area contributed by atoms with Gasteiger partial charge in [-0.05, 0) is 18.9 Å². The number of rotatable bonds is 6. The molecule has 0 saturated carbocycles. The van der Waals surface area contributed by atoms with Gasteiger partial charge in [0.1, 0.15) is 0 Å². The maximum atomic E-state index is 12.4. The number of ether oxygens (including phenoxy) is 2. The minimum Gasteiger partial charge on any atom is -0.467 e. The van der Waals surface area contributed by atoms with Crippen LogP contribution in [-0.4, -0.2) is 30.6 Å². The Hall–Kier alpha value is -2.37. The molecule has 0 heterocycles. The Morgan fingerprint density at radius 2 is 1.82 bits per heavy atom. The van der Waals surface area contributed by atoms with Crippen LogP contribution in [0.2, 0.25) is 0 Å². The van der Waals surface area contributed by atoms with E-state index in [1.165, 1.54) is 21.0 Å². The Bertz CT molecular complexity index is 543. The van der Waals surface area contributed by atoms with Crippen LogP contribution in [0.4, 0.5) is 0 Å². The number of hydrogen-bond acceptors (Lipinski definition) is 5. The SMILES string of the molecule is CC[C@](C)(OC(C)=O)C(=O)N[C@@H](C(=O)OC)c1ccccc1. The molecule has 0 aliphatic carbocycles. The van der Waals surface area contributed by atoms with Crippen LogP contribution in [0.25, 0.3) is 0 Å². The van der Waals surface area contributed by atoms with Crippen molar-refractivity contribution in [2.45, 2.75) is 38.8 Å². The zero-order valence-corrected chi connectivity index (χ0v) is 13.2. The molecule has 0 aliphatic heterocycles. The number of carbonyl (C=O) groups excluding carboxylic acids is 3. The van der Waals surface area contributed by atoms with Crippen molar-refractivity contribution in [2.75, 3.05) is 7.11 Å². The summed E-state index contributed by atoms with van der Waals surface area (Å²) in [6.45, 7) is 4.46. The summed E-state index contributed by atoms with van der Waals surface area (Å²) >= 11 is 0. The average molecular weight is 307 g/mol. The van der Waals surface area contributed by atoms with Gasteiger partial charge in [0, 0.05) is 6.92 Å². The molecular formula is C16H21NO5. The molecule has 0 saturated heterocycles. The molecule has 1 aromatic carbocycles. The van der Waals surface area contributed by atoms with E-state index < -0.39 is 29.5 Å². The third-order valence-corrected chi connectivity index (χ3v) is 3.37. The van der Waals surface area contributed by atoms with E-state index >= 15 is 0 Å². The van der Waals surface area contributed by atoms with Gasteiger partial charge in [-0.15, -0.1) is 0 Å². The van der Waals surface area contributed by atoms with Gasteiger partial charge in [-0.3, -0.25) is 9.59 Å². The van der Waals surface area contributed by atoms with Crippen molar-refractivity contribution in [3.8, 4) is 0 Å². The van der Waals surface area contributed by atoms with Crippen LogP contribution >= 0.6 is 0 Å². The van der Waals surface area contributed by atoms with Crippen LogP contribution < -0.4 is 5.32 Å². The molecule has 1 N–H and O–H groups in total. The standard InChI is InChI=1S/C16H21NO5/c1-5-16(3,22-11(2)18)15(20)17-13(14(19)21-4)12-9-7-6-8-10-12/h6-10,13H,5H2,1-4H3,(H,17,20)/t13-,16+/m1/s1. The van der Waals surface area contributed by atoms with Crippen LogP contribution in [-0.2, 0) is 23.9 Å². The lowest BCUT2D eigenvalue weighted by molar-refractivity contribution is -0.166. The summed E-state index contributed by atoms with van der Waals surface area (Å²) in [6, 6.07) is 7.76. The second kappa shape index (κ2) is 7.59. The predicted octanol–water partition coefficient (Wildman–Crippen LogP) is 1.75. The predicted molar refractivity (Wildman–Crippen MR) is 79.8 cm³/mol. The molecule has 0 spiro atoms. The summed E-state index contributed by atoms with van der Waals surface area (Å²) in [5, 5.41) is 2.59. The third kappa shape index (κ3) is 4.31. The van der Waals surface area contributed by atoms with Crippen molar-refractivity contribution < 1.29 is 23.9 Å². The fourth-order valence-corrected chi connectivity index (χ4v) is 1.92. The highest BCUT2D eigenvalue weighted by Gasteiger charge is 2.37. The summed E-state index contributed by atoms with van der Waals surface area (Å²) in [4.78, 5) is 35.6. The van der Waals surface area contributed by atoms with Gasteiger partial charge in [-0.2, -0.15) is 0 Å². The first kappa shape index (κ1) is 17.7. The first-order valence-electron chi connectivity index (χ1n) is 6.97. The monoisotopic (exact) mass is 307 g/mol. The minimum atomic E-state index is -1.34. The summed E-state index contributed by atoms with van der Waals surface area (Å²) in [6.07, 6.45) is 0.279. The number of amides is 1. The Balaban J connectivity index is 3.01. The van der Waals surface area contributed by atoms with Gasteiger partial charge < -0.3 is 14.8 Å². The first-order valence-corrected chi connectivity index (χ1v) is 6.97. The molecule has 1 rings (SSSR count). The van der Waals surface area contributed by atoms with Crippen LogP contribution in [0, 0.1) is 0 Å².